The molecule has 0 fully saturated rings. The summed E-state index contributed by atoms with van der Waals surface area (Å²) in [6, 6.07) is 45.6. The van der Waals surface area contributed by atoms with Crippen LogP contribution in [0.5, 0.6) is 11.5 Å². The molecule has 0 aliphatic rings. The Kier molecular flexibility index (Phi) is 7.53. The number of aliphatic hydroxyl groups is 2. The maximum Gasteiger partial charge on any atom is 0.178 e. The van der Waals surface area contributed by atoms with Gasteiger partial charge in [-0.05, 0) is 45.2 Å². The Balaban J connectivity index is 1.20. The molecule has 0 saturated heterocycles. The fourth-order valence-electron chi connectivity index (χ4n) is 6.24. The van der Waals surface area contributed by atoms with Crippen molar-refractivity contribution < 1.29 is 20.4 Å². The first-order chi connectivity index (χ1) is 23.9. The Bertz CT molecular complexity index is 2330. The highest BCUT2D eigenvalue weighted by Gasteiger charge is 2.15. The van der Waals surface area contributed by atoms with Gasteiger partial charge in [-0.25, -0.2) is 15.0 Å². The molecule has 0 aliphatic heterocycles. The zero-order chi connectivity index (χ0) is 33.5. The Labute approximate surface area is 281 Å². The SMILES string of the molecule is Oc1ccc(-c2ccc(-c3nc(-c4ccc(-c5ccc(O)c6ccccc56)cc4)nc(-c4ccc(C(O)O)cc4)n3)cc2)c2ccccc12. The number of aromatic nitrogens is 3. The lowest BCUT2D eigenvalue weighted by Gasteiger charge is -2.12. The molecular formula is C42H29N3O4. The van der Waals surface area contributed by atoms with Crippen molar-refractivity contribution in [2.45, 2.75) is 6.29 Å². The molecular weight excluding hydrogens is 610 g/mol. The largest absolute Gasteiger partial charge is 0.507 e. The number of phenols is 2. The lowest BCUT2D eigenvalue weighted by molar-refractivity contribution is -0.0424. The molecule has 8 rings (SSSR count). The molecule has 0 aliphatic carbocycles. The van der Waals surface area contributed by atoms with Gasteiger partial charge in [-0.2, -0.15) is 0 Å². The molecule has 0 unspecified atom stereocenters. The van der Waals surface area contributed by atoms with E-state index in [1.54, 1.807) is 36.4 Å². The normalized spacial score (nSPS) is 11.4. The van der Waals surface area contributed by atoms with Crippen LogP contribution in [0.3, 0.4) is 0 Å². The number of nitrogens with zero attached hydrogens (tertiary/aromatic N) is 3. The summed E-state index contributed by atoms with van der Waals surface area (Å²) in [7, 11) is 0. The van der Waals surface area contributed by atoms with Gasteiger partial charge in [-0.1, -0.05) is 133 Å². The second-order valence-corrected chi connectivity index (χ2v) is 11.8. The molecule has 8 aromatic rings. The van der Waals surface area contributed by atoms with Crippen LogP contribution in [0.1, 0.15) is 11.9 Å². The van der Waals surface area contributed by atoms with Gasteiger partial charge in [0.1, 0.15) is 11.5 Å². The van der Waals surface area contributed by atoms with Gasteiger partial charge in [-0.15, -0.1) is 0 Å². The number of hydrogen-bond acceptors (Lipinski definition) is 7. The zero-order valence-corrected chi connectivity index (χ0v) is 26.1. The van der Waals surface area contributed by atoms with Gasteiger partial charge in [0, 0.05) is 33.0 Å². The molecule has 0 amide bonds. The molecule has 0 atom stereocenters. The van der Waals surface area contributed by atoms with Crippen LogP contribution >= 0.6 is 0 Å². The van der Waals surface area contributed by atoms with E-state index in [2.05, 4.69) is 0 Å². The van der Waals surface area contributed by atoms with Crippen molar-refractivity contribution in [3.8, 4) is 67.9 Å². The van der Waals surface area contributed by atoms with Gasteiger partial charge in [0.05, 0.1) is 0 Å². The Morgan fingerprint density at radius 2 is 0.673 bits per heavy atom. The van der Waals surface area contributed by atoms with Crippen molar-refractivity contribution in [2.24, 2.45) is 0 Å². The minimum absolute atomic E-state index is 0.243. The molecule has 0 spiro atoms. The van der Waals surface area contributed by atoms with E-state index in [-0.39, 0.29) is 11.5 Å². The van der Waals surface area contributed by atoms with Crippen molar-refractivity contribution in [3.63, 3.8) is 0 Å². The fraction of sp³-hybridized carbons (Fsp3) is 0.0238. The maximum absolute atomic E-state index is 10.4. The molecule has 7 nitrogen and oxygen atoms in total. The maximum atomic E-state index is 10.4. The monoisotopic (exact) mass is 639 g/mol. The number of fused-ring (bicyclic) bond motifs is 2. The van der Waals surface area contributed by atoms with Gasteiger partial charge >= 0.3 is 0 Å². The van der Waals surface area contributed by atoms with Crippen molar-refractivity contribution in [1.29, 1.82) is 0 Å². The van der Waals surface area contributed by atoms with Crippen LogP contribution in [0.25, 0.3) is 78.0 Å². The Hall–Kier alpha value is -6.41. The van der Waals surface area contributed by atoms with E-state index in [1.165, 1.54) is 0 Å². The summed E-state index contributed by atoms with van der Waals surface area (Å²) in [4.78, 5) is 14.6. The first-order valence-electron chi connectivity index (χ1n) is 15.8. The molecule has 236 valence electrons. The highest BCUT2D eigenvalue weighted by molar-refractivity contribution is 6.01. The van der Waals surface area contributed by atoms with E-state index in [0.29, 0.717) is 28.6 Å². The fourth-order valence-corrected chi connectivity index (χ4v) is 6.24. The van der Waals surface area contributed by atoms with Gasteiger partial charge in [0.15, 0.2) is 23.8 Å². The molecule has 7 aromatic carbocycles. The summed E-state index contributed by atoms with van der Waals surface area (Å²) in [5.74, 6) is 1.91. The number of benzene rings is 7. The van der Waals surface area contributed by atoms with Gasteiger partial charge in [0.25, 0.3) is 0 Å². The molecule has 7 heteroatoms. The number of phenolic OH excluding ortho intramolecular Hbond substituents is 2. The summed E-state index contributed by atoms with van der Waals surface area (Å²) in [5, 5.41) is 43.5. The average molecular weight is 640 g/mol. The van der Waals surface area contributed by atoms with Crippen LogP contribution in [-0.2, 0) is 0 Å². The molecule has 0 bridgehead atoms. The summed E-state index contributed by atoms with van der Waals surface area (Å²) in [5.41, 5.74) is 6.66. The van der Waals surface area contributed by atoms with E-state index in [1.807, 2.05) is 109 Å². The highest BCUT2D eigenvalue weighted by atomic mass is 16.5. The van der Waals surface area contributed by atoms with Crippen molar-refractivity contribution in [1.82, 2.24) is 15.0 Å². The number of rotatable bonds is 6. The average Bonchev–Trinajstić information content (AvgIpc) is 3.15. The molecule has 1 heterocycles. The minimum atomic E-state index is -1.58. The van der Waals surface area contributed by atoms with Crippen LogP contribution in [0.4, 0.5) is 0 Å². The zero-order valence-electron chi connectivity index (χ0n) is 26.1. The third kappa shape index (κ3) is 5.63. The molecule has 0 saturated carbocycles. The summed E-state index contributed by atoms with van der Waals surface area (Å²) < 4.78 is 0. The minimum Gasteiger partial charge on any atom is -0.507 e. The van der Waals surface area contributed by atoms with Crippen molar-refractivity contribution >= 4 is 21.5 Å². The molecule has 1 aromatic heterocycles. The third-order valence-corrected chi connectivity index (χ3v) is 8.81. The van der Waals surface area contributed by atoms with Crippen LogP contribution in [0, 0.1) is 0 Å². The summed E-state index contributed by atoms with van der Waals surface area (Å²) >= 11 is 0. The van der Waals surface area contributed by atoms with Crippen LogP contribution in [0.15, 0.2) is 146 Å². The van der Waals surface area contributed by atoms with E-state index in [0.717, 1.165) is 54.9 Å². The quantitative estimate of drug-likeness (QED) is 0.134. The van der Waals surface area contributed by atoms with Crippen molar-refractivity contribution in [3.05, 3.63) is 151 Å². The van der Waals surface area contributed by atoms with Gasteiger partial charge < -0.3 is 20.4 Å². The van der Waals surface area contributed by atoms with E-state index < -0.39 is 6.29 Å². The van der Waals surface area contributed by atoms with Gasteiger partial charge in [0.2, 0.25) is 0 Å². The third-order valence-electron chi connectivity index (χ3n) is 8.81. The predicted molar refractivity (Wildman–Crippen MR) is 193 cm³/mol. The lowest BCUT2D eigenvalue weighted by atomic mass is 9.96. The van der Waals surface area contributed by atoms with Crippen LogP contribution in [-0.4, -0.2) is 35.4 Å². The second kappa shape index (κ2) is 12.3. The second-order valence-electron chi connectivity index (χ2n) is 11.8. The van der Waals surface area contributed by atoms with E-state index in [4.69, 9.17) is 15.0 Å². The van der Waals surface area contributed by atoms with Crippen LogP contribution in [0.2, 0.25) is 0 Å². The first kappa shape index (κ1) is 30.0. The summed E-state index contributed by atoms with van der Waals surface area (Å²) in [6.07, 6.45) is -1.58. The Morgan fingerprint density at radius 3 is 1.04 bits per heavy atom. The first-order valence-corrected chi connectivity index (χ1v) is 15.8. The number of aliphatic hydroxyl groups excluding tert-OH is 1. The van der Waals surface area contributed by atoms with E-state index in [9.17, 15) is 20.4 Å². The highest BCUT2D eigenvalue weighted by Crippen LogP contribution is 2.36. The number of hydrogen-bond donors (Lipinski definition) is 4. The van der Waals surface area contributed by atoms with E-state index >= 15 is 0 Å². The number of aromatic hydroxyl groups is 2. The van der Waals surface area contributed by atoms with Crippen LogP contribution < -0.4 is 0 Å². The van der Waals surface area contributed by atoms with Crippen molar-refractivity contribution in [2.75, 3.05) is 0 Å². The Morgan fingerprint density at radius 1 is 0.347 bits per heavy atom. The predicted octanol–water partition coefficient (Wildman–Crippen LogP) is 8.91. The topological polar surface area (TPSA) is 120 Å². The standard InChI is InChI=1S/C42H29N3O4/c46-37-23-21-31(33-5-1-3-7-35(33)37)25-9-13-27(14-10-25)39-43-40(45-41(44-39)29-17-19-30(20-18-29)42(48)49)28-15-11-26(12-16-28)32-22-24-38(47)36-8-4-2-6-34(32)36/h1-24,42,46-49H. The van der Waals surface area contributed by atoms with Gasteiger partial charge in [-0.3, -0.25) is 0 Å². The molecule has 4 N–H and O–H groups in total. The smallest absolute Gasteiger partial charge is 0.178 e. The molecule has 49 heavy (non-hydrogen) atoms. The summed E-state index contributed by atoms with van der Waals surface area (Å²) in [6.45, 7) is 0. The molecule has 0 radical (unpaired) electrons. The lowest BCUT2D eigenvalue weighted by Crippen LogP contribution is -2.01.